The smallest absolute Gasteiger partial charge is 0.305 e. The zero-order chi connectivity index (χ0) is 9.35. The maximum Gasteiger partial charge on any atom is 0.305 e. The number of aryl methyl sites for hydroxylation is 1. The molecule has 12 heavy (non-hydrogen) atoms. The van der Waals surface area contributed by atoms with Gasteiger partial charge in [0.25, 0.3) is 10.0 Å². The van der Waals surface area contributed by atoms with Gasteiger partial charge in [-0.25, -0.2) is 13.1 Å². The second kappa shape index (κ2) is 3.00. The SMILES string of the molecule is CNS(=O)(=O)c1sc(=O)[nH]c1C. The lowest BCUT2D eigenvalue weighted by Gasteiger charge is -1.97. The number of sulfonamides is 1. The van der Waals surface area contributed by atoms with Crippen LogP contribution in [0.5, 0.6) is 0 Å². The molecule has 0 saturated heterocycles. The van der Waals surface area contributed by atoms with E-state index in [1.807, 2.05) is 0 Å². The van der Waals surface area contributed by atoms with E-state index in [2.05, 4.69) is 9.71 Å². The Balaban J connectivity index is 3.39. The number of aromatic amines is 1. The largest absolute Gasteiger partial charge is 0.315 e. The van der Waals surface area contributed by atoms with Crippen LogP contribution < -0.4 is 9.60 Å². The normalized spacial score (nSPS) is 11.8. The quantitative estimate of drug-likeness (QED) is 0.697. The molecule has 0 saturated carbocycles. The van der Waals surface area contributed by atoms with Crippen molar-refractivity contribution < 1.29 is 8.42 Å². The summed E-state index contributed by atoms with van der Waals surface area (Å²) in [4.78, 5) is 12.8. The van der Waals surface area contributed by atoms with Gasteiger partial charge in [-0.2, -0.15) is 0 Å². The first-order chi connectivity index (χ1) is 5.47. The molecule has 0 aromatic carbocycles. The molecule has 0 aliphatic carbocycles. The summed E-state index contributed by atoms with van der Waals surface area (Å²) in [7, 11) is -2.17. The average molecular weight is 208 g/mol. The fourth-order valence-corrected chi connectivity index (χ4v) is 2.87. The lowest BCUT2D eigenvalue weighted by molar-refractivity contribution is 0.589. The van der Waals surface area contributed by atoms with Crippen LogP contribution in [0.4, 0.5) is 0 Å². The van der Waals surface area contributed by atoms with Gasteiger partial charge in [0.05, 0.1) is 0 Å². The number of hydrogen-bond donors (Lipinski definition) is 2. The van der Waals surface area contributed by atoms with E-state index >= 15 is 0 Å². The van der Waals surface area contributed by atoms with E-state index in [1.165, 1.54) is 7.05 Å². The maximum atomic E-state index is 11.2. The number of hydrogen-bond acceptors (Lipinski definition) is 4. The van der Waals surface area contributed by atoms with Gasteiger partial charge in [-0.15, -0.1) is 0 Å². The Morgan fingerprint density at radius 2 is 2.08 bits per heavy atom. The number of rotatable bonds is 2. The standard InChI is InChI=1S/C5H8N2O3S2/c1-3-4(11-5(8)7-3)12(9,10)6-2/h6H,1-2H3,(H,7,8). The molecule has 7 heteroatoms. The zero-order valence-corrected chi connectivity index (χ0v) is 8.17. The van der Waals surface area contributed by atoms with Crippen molar-refractivity contribution in [3.05, 3.63) is 15.4 Å². The molecule has 1 aromatic rings. The molecule has 0 aliphatic heterocycles. The van der Waals surface area contributed by atoms with Crippen molar-refractivity contribution in [2.75, 3.05) is 7.05 Å². The first-order valence-corrected chi connectivity index (χ1v) is 5.40. The summed E-state index contributed by atoms with van der Waals surface area (Å²) >= 11 is 0.684. The van der Waals surface area contributed by atoms with E-state index < -0.39 is 10.0 Å². The van der Waals surface area contributed by atoms with Crippen molar-refractivity contribution in [1.82, 2.24) is 9.71 Å². The summed E-state index contributed by atoms with van der Waals surface area (Å²) in [6.07, 6.45) is 0. The Hall–Kier alpha value is -0.660. The van der Waals surface area contributed by atoms with Crippen molar-refractivity contribution in [3.63, 3.8) is 0 Å². The second-order valence-electron chi connectivity index (χ2n) is 2.13. The third kappa shape index (κ3) is 1.57. The molecule has 5 nitrogen and oxygen atoms in total. The highest BCUT2D eigenvalue weighted by atomic mass is 32.2. The van der Waals surface area contributed by atoms with Gasteiger partial charge in [-0.1, -0.05) is 11.3 Å². The fourth-order valence-electron chi connectivity index (χ4n) is 0.739. The van der Waals surface area contributed by atoms with Gasteiger partial charge in [-0.05, 0) is 14.0 Å². The monoisotopic (exact) mass is 208 g/mol. The van der Waals surface area contributed by atoms with Crippen molar-refractivity contribution >= 4 is 21.4 Å². The van der Waals surface area contributed by atoms with Crippen molar-refractivity contribution in [2.45, 2.75) is 11.1 Å². The van der Waals surface area contributed by atoms with E-state index in [-0.39, 0.29) is 9.08 Å². The highest BCUT2D eigenvalue weighted by molar-refractivity contribution is 7.91. The average Bonchev–Trinajstić information content (AvgIpc) is 2.31. The van der Waals surface area contributed by atoms with Crippen LogP contribution >= 0.6 is 11.3 Å². The van der Waals surface area contributed by atoms with E-state index in [0.717, 1.165) is 0 Å². The minimum atomic E-state index is -3.47. The molecular formula is C5H8N2O3S2. The molecule has 1 aromatic heterocycles. The summed E-state index contributed by atoms with van der Waals surface area (Å²) in [6.45, 7) is 1.54. The number of aromatic nitrogens is 1. The van der Waals surface area contributed by atoms with Crippen LogP contribution in [0.2, 0.25) is 0 Å². The van der Waals surface area contributed by atoms with Gasteiger partial charge in [0, 0.05) is 5.69 Å². The van der Waals surface area contributed by atoms with Crippen LogP contribution in [0.3, 0.4) is 0 Å². The van der Waals surface area contributed by atoms with Gasteiger partial charge >= 0.3 is 4.87 Å². The highest BCUT2D eigenvalue weighted by Crippen LogP contribution is 2.14. The van der Waals surface area contributed by atoms with Crippen molar-refractivity contribution in [1.29, 1.82) is 0 Å². The number of thiazole rings is 1. The highest BCUT2D eigenvalue weighted by Gasteiger charge is 2.17. The molecular weight excluding hydrogens is 200 g/mol. The molecule has 1 heterocycles. The molecule has 0 radical (unpaired) electrons. The van der Waals surface area contributed by atoms with Gasteiger partial charge in [-0.3, -0.25) is 4.79 Å². The summed E-state index contributed by atoms with van der Waals surface area (Å²) < 4.78 is 24.5. The molecule has 68 valence electrons. The van der Waals surface area contributed by atoms with Crippen LogP contribution in [-0.2, 0) is 10.0 Å². The van der Waals surface area contributed by atoms with Crippen LogP contribution in [0.15, 0.2) is 9.00 Å². The minimum Gasteiger partial charge on any atom is -0.315 e. The Kier molecular flexibility index (Phi) is 2.36. The van der Waals surface area contributed by atoms with E-state index in [9.17, 15) is 13.2 Å². The Morgan fingerprint density at radius 3 is 2.42 bits per heavy atom. The van der Waals surface area contributed by atoms with Crippen molar-refractivity contribution in [2.24, 2.45) is 0 Å². The fraction of sp³-hybridized carbons (Fsp3) is 0.400. The lowest BCUT2D eigenvalue weighted by atomic mass is 10.6. The topological polar surface area (TPSA) is 79.0 Å². The maximum absolute atomic E-state index is 11.2. The molecule has 0 spiro atoms. The van der Waals surface area contributed by atoms with Crippen LogP contribution in [0.25, 0.3) is 0 Å². The summed E-state index contributed by atoms with van der Waals surface area (Å²) in [5.41, 5.74) is 0.374. The minimum absolute atomic E-state index is 0.0509. The molecule has 2 N–H and O–H groups in total. The van der Waals surface area contributed by atoms with Gasteiger partial charge in [0.15, 0.2) is 4.21 Å². The Labute approximate surface area is 73.5 Å². The van der Waals surface area contributed by atoms with Crippen molar-refractivity contribution in [3.8, 4) is 0 Å². The third-order valence-corrected chi connectivity index (χ3v) is 4.31. The summed E-state index contributed by atoms with van der Waals surface area (Å²) in [5, 5.41) is 0. The molecule has 1 rings (SSSR count). The van der Waals surface area contributed by atoms with E-state index in [1.54, 1.807) is 6.92 Å². The zero-order valence-electron chi connectivity index (χ0n) is 6.54. The van der Waals surface area contributed by atoms with E-state index in [0.29, 0.717) is 17.0 Å². The second-order valence-corrected chi connectivity index (χ2v) is 5.20. The summed E-state index contributed by atoms with van der Waals surface area (Å²) in [6, 6.07) is 0. The predicted octanol–water partition coefficient (Wildman–Crippen LogP) is -0.347. The van der Waals surface area contributed by atoms with Gasteiger partial charge in [0.1, 0.15) is 0 Å². The Morgan fingerprint density at radius 1 is 1.50 bits per heavy atom. The number of H-pyrrole nitrogens is 1. The molecule has 0 aliphatic rings. The van der Waals surface area contributed by atoms with Crippen LogP contribution in [-0.4, -0.2) is 20.4 Å². The molecule has 0 amide bonds. The lowest BCUT2D eigenvalue weighted by Crippen LogP contribution is -2.18. The Bertz CT molecular complexity index is 428. The number of nitrogens with one attached hydrogen (secondary N) is 2. The molecule has 0 fully saturated rings. The first-order valence-electron chi connectivity index (χ1n) is 3.10. The summed E-state index contributed by atoms with van der Waals surface area (Å²) in [5.74, 6) is 0. The van der Waals surface area contributed by atoms with E-state index in [4.69, 9.17) is 0 Å². The molecule has 0 bridgehead atoms. The third-order valence-electron chi connectivity index (χ3n) is 1.29. The molecule has 0 atom stereocenters. The van der Waals surface area contributed by atoms with Gasteiger partial charge in [0.2, 0.25) is 0 Å². The first kappa shape index (κ1) is 9.43. The predicted molar refractivity (Wildman–Crippen MR) is 45.9 cm³/mol. The van der Waals surface area contributed by atoms with Gasteiger partial charge < -0.3 is 4.98 Å². The van der Waals surface area contributed by atoms with Crippen LogP contribution in [0, 0.1) is 6.92 Å². The van der Waals surface area contributed by atoms with Crippen LogP contribution in [0.1, 0.15) is 5.69 Å². The molecule has 0 unspecified atom stereocenters.